The first-order chi connectivity index (χ1) is 25.1. The van der Waals surface area contributed by atoms with E-state index < -0.39 is 24.3 Å². The third-order valence-electron chi connectivity index (χ3n) is 9.26. The molecular formula is C43H81NO8. The van der Waals surface area contributed by atoms with Crippen molar-refractivity contribution >= 4 is 17.9 Å². The minimum Gasteiger partial charge on any atom is -0.545 e. The molecular weight excluding hydrogens is 658 g/mol. The number of rotatable bonds is 39. The summed E-state index contributed by atoms with van der Waals surface area (Å²) in [5.41, 5.74) is 0. The Labute approximate surface area is 319 Å². The highest BCUT2D eigenvalue weighted by Gasteiger charge is 2.21. The maximum absolute atomic E-state index is 12.7. The number of hydrogen-bond acceptors (Lipinski definition) is 8. The first-order valence-corrected chi connectivity index (χ1v) is 21.3. The van der Waals surface area contributed by atoms with Gasteiger partial charge in [0.1, 0.15) is 13.2 Å². The Morgan fingerprint density at radius 2 is 0.981 bits per heavy atom. The molecule has 0 aromatic carbocycles. The lowest BCUT2D eigenvalue weighted by Gasteiger charge is -2.26. The van der Waals surface area contributed by atoms with Crippen molar-refractivity contribution in [2.24, 2.45) is 0 Å². The summed E-state index contributed by atoms with van der Waals surface area (Å²) in [7, 11) is 5.90. The van der Waals surface area contributed by atoms with Crippen molar-refractivity contribution in [1.29, 1.82) is 0 Å². The van der Waals surface area contributed by atoms with Crippen LogP contribution in [0.15, 0.2) is 12.2 Å². The van der Waals surface area contributed by atoms with E-state index in [0.29, 0.717) is 23.9 Å². The fraction of sp³-hybridized carbons (Fsp3) is 0.884. The lowest BCUT2D eigenvalue weighted by Crippen LogP contribution is -2.44. The van der Waals surface area contributed by atoms with Crippen molar-refractivity contribution in [3.05, 3.63) is 12.2 Å². The summed E-state index contributed by atoms with van der Waals surface area (Å²) in [4.78, 5) is 36.7. The molecule has 0 saturated carbocycles. The summed E-state index contributed by atoms with van der Waals surface area (Å²) >= 11 is 0. The minimum atomic E-state index is -1.61. The van der Waals surface area contributed by atoms with Crippen LogP contribution in [0, 0.1) is 0 Å². The van der Waals surface area contributed by atoms with Gasteiger partial charge in [-0.15, -0.1) is 0 Å². The van der Waals surface area contributed by atoms with Gasteiger partial charge in [0.05, 0.1) is 40.3 Å². The van der Waals surface area contributed by atoms with Gasteiger partial charge in [-0.05, 0) is 38.5 Å². The highest BCUT2D eigenvalue weighted by Crippen LogP contribution is 2.14. The number of nitrogens with zero attached hydrogens (tertiary/aromatic N) is 1. The Hall–Kier alpha value is -1.97. The van der Waals surface area contributed by atoms with Crippen molar-refractivity contribution in [3.63, 3.8) is 0 Å². The number of carbonyl (C=O) groups excluding carboxylic acids is 3. The molecule has 0 fully saturated rings. The predicted octanol–water partition coefficient (Wildman–Crippen LogP) is 9.39. The molecule has 9 heteroatoms. The molecule has 2 unspecified atom stereocenters. The zero-order valence-corrected chi connectivity index (χ0v) is 34.4. The van der Waals surface area contributed by atoms with Crippen molar-refractivity contribution in [2.75, 3.05) is 47.5 Å². The lowest BCUT2D eigenvalue weighted by molar-refractivity contribution is -0.870. The van der Waals surface area contributed by atoms with E-state index in [-0.39, 0.29) is 32.2 Å². The quantitative estimate of drug-likeness (QED) is 0.0202. The molecule has 0 bridgehead atoms. The SMILES string of the molecule is CCCCCCCC/C=C\CCCCCCCCCCCC(=O)OC(COC(=O)CCCCCCCCCC)COC(OCC[N+](C)(C)C)C(=O)[O-]. The van der Waals surface area contributed by atoms with Crippen LogP contribution in [0.2, 0.25) is 0 Å². The number of aliphatic carboxylic acids is 1. The van der Waals surface area contributed by atoms with Crippen LogP contribution in [0.25, 0.3) is 0 Å². The fourth-order valence-corrected chi connectivity index (χ4v) is 5.88. The Morgan fingerprint density at radius 3 is 1.42 bits per heavy atom. The molecule has 0 aliphatic rings. The number of carboxylic acid groups (broad SMARTS) is 1. The summed E-state index contributed by atoms with van der Waals surface area (Å²) in [5.74, 6) is -2.28. The molecule has 0 spiro atoms. The maximum atomic E-state index is 12.7. The molecule has 0 aliphatic heterocycles. The van der Waals surface area contributed by atoms with Crippen LogP contribution >= 0.6 is 0 Å². The van der Waals surface area contributed by atoms with E-state index in [1.165, 1.54) is 116 Å². The summed E-state index contributed by atoms with van der Waals surface area (Å²) < 4.78 is 22.4. The topological polar surface area (TPSA) is 111 Å². The molecule has 0 radical (unpaired) electrons. The van der Waals surface area contributed by atoms with E-state index in [2.05, 4.69) is 26.0 Å². The fourth-order valence-electron chi connectivity index (χ4n) is 5.88. The van der Waals surface area contributed by atoms with Gasteiger partial charge >= 0.3 is 11.9 Å². The van der Waals surface area contributed by atoms with Crippen LogP contribution < -0.4 is 5.11 Å². The highest BCUT2D eigenvalue weighted by molar-refractivity contribution is 5.70. The maximum Gasteiger partial charge on any atom is 0.306 e. The first kappa shape index (κ1) is 50.0. The molecule has 0 rings (SSSR count). The Morgan fingerprint density at radius 1 is 0.558 bits per heavy atom. The molecule has 0 heterocycles. The Kier molecular flexibility index (Phi) is 34.7. The molecule has 9 nitrogen and oxygen atoms in total. The largest absolute Gasteiger partial charge is 0.545 e. The summed E-state index contributed by atoms with van der Waals surface area (Å²) in [6.45, 7) is 4.70. The molecule has 52 heavy (non-hydrogen) atoms. The highest BCUT2D eigenvalue weighted by atomic mass is 16.7. The second-order valence-electron chi connectivity index (χ2n) is 15.6. The number of likely N-dealkylation sites (N-methyl/N-ethyl adjacent to an activating group) is 1. The standard InChI is InChI=1S/C43H81NO8/c1-6-8-10-12-14-16-17-18-19-20-21-22-23-24-25-26-28-30-32-34-41(46)52-39(38-51-43(42(47)48)49-36-35-44(3,4)5)37-50-40(45)33-31-29-27-15-13-11-9-7-2/h18-19,39,43H,6-17,20-38H2,1-5H3/b19-18-. The monoisotopic (exact) mass is 740 g/mol. The van der Waals surface area contributed by atoms with E-state index in [1.54, 1.807) is 0 Å². The zero-order valence-electron chi connectivity index (χ0n) is 34.4. The van der Waals surface area contributed by atoms with Crippen LogP contribution in [0.4, 0.5) is 0 Å². The molecule has 0 aromatic rings. The second kappa shape index (κ2) is 36.0. The third-order valence-corrected chi connectivity index (χ3v) is 9.26. The van der Waals surface area contributed by atoms with Gasteiger partial charge in [-0.2, -0.15) is 0 Å². The minimum absolute atomic E-state index is 0.150. The third kappa shape index (κ3) is 36.4. The Bertz CT molecular complexity index is 872. The molecule has 0 amide bonds. The molecule has 306 valence electrons. The average Bonchev–Trinajstić information content (AvgIpc) is 3.09. The van der Waals surface area contributed by atoms with Crippen molar-refractivity contribution < 1.29 is 42.9 Å². The smallest absolute Gasteiger partial charge is 0.306 e. The van der Waals surface area contributed by atoms with Crippen LogP contribution in [0.5, 0.6) is 0 Å². The van der Waals surface area contributed by atoms with E-state index in [1.807, 2.05) is 21.1 Å². The number of esters is 2. The van der Waals surface area contributed by atoms with Crippen LogP contribution in [-0.4, -0.2) is 82.3 Å². The number of ether oxygens (including phenoxy) is 4. The van der Waals surface area contributed by atoms with Gasteiger partial charge < -0.3 is 33.3 Å². The number of hydrogen-bond donors (Lipinski definition) is 0. The Balaban J connectivity index is 4.35. The van der Waals surface area contributed by atoms with Gasteiger partial charge in [0.25, 0.3) is 0 Å². The average molecular weight is 740 g/mol. The molecule has 0 N–H and O–H groups in total. The zero-order chi connectivity index (χ0) is 38.5. The van der Waals surface area contributed by atoms with Gasteiger partial charge in [0.2, 0.25) is 0 Å². The van der Waals surface area contributed by atoms with Crippen molar-refractivity contribution in [3.8, 4) is 0 Å². The summed E-state index contributed by atoms with van der Waals surface area (Å²) in [5, 5.41) is 11.6. The number of quaternary nitrogens is 1. The van der Waals surface area contributed by atoms with E-state index in [4.69, 9.17) is 18.9 Å². The van der Waals surface area contributed by atoms with Crippen LogP contribution in [0.1, 0.15) is 187 Å². The summed E-state index contributed by atoms with van der Waals surface area (Å²) in [6, 6.07) is 0. The van der Waals surface area contributed by atoms with Crippen LogP contribution in [0.3, 0.4) is 0 Å². The van der Waals surface area contributed by atoms with Gasteiger partial charge in [0, 0.05) is 12.8 Å². The van der Waals surface area contributed by atoms with Crippen molar-refractivity contribution in [2.45, 2.75) is 200 Å². The molecule has 0 aromatic heterocycles. The van der Waals surface area contributed by atoms with Crippen LogP contribution in [-0.2, 0) is 33.3 Å². The van der Waals surface area contributed by atoms with Gasteiger partial charge in [-0.1, -0.05) is 148 Å². The van der Waals surface area contributed by atoms with E-state index >= 15 is 0 Å². The number of carboxylic acids is 1. The number of allylic oxidation sites excluding steroid dienone is 2. The van der Waals surface area contributed by atoms with Gasteiger partial charge in [-0.3, -0.25) is 9.59 Å². The van der Waals surface area contributed by atoms with E-state index in [0.717, 1.165) is 38.5 Å². The second-order valence-corrected chi connectivity index (χ2v) is 15.6. The van der Waals surface area contributed by atoms with E-state index in [9.17, 15) is 19.5 Å². The van der Waals surface area contributed by atoms with Crippen molar-refractivity contribution in [1.82, 2.24) is 0 Å². The van der Waals surface area contributed by atoms with Gasteiger partial charge in [-0.25, -0.2) is 0 Å². The molecule has 0 aliphatic carbocycles. The number of carbonyl (C=O) groups is 3. The lowest BCUT2D eigenvalue weighted by atomic mass is 10.1. The normalized spacial score (nSPS) is 13.0. The van der Waals surface area contributed by atoms with Gasteiger partial charge in [0.15, 0.2) is 12.4 Å². The first-order valence-electron chi connectivity index (χ1n) is 21.3. The number of unbranched alkanes of at least 4 members (excludes halogenated alkanes) is 22. The molecule has 0 saturated heterocycles. The predicted molar refractivity (Wildman–Crippen MR) is 210 cm³/mol. The molecule has 2 atom stereocenters. The summed E-state index contributed by atoms with van der Waals surface area (Å²) in [6.07, 6.45) is 32.5.